The lowest BCUT2D eigenvalue weighted by molar-refractivity contribution is -0.154. The summed E-state index contributed by atoms with van der Waals surface area (Å²) in [4.78, 5) is 19.6. The number of hydrogen-bond acceptors (Lipinski definition) is 4. The zero-order chi connectivity index (χ0) is 19.8. The van der Waals surface area contributed by atoms with Crippen molar-refractivity contribution in [1.82, 2.24) is 14.4 Å². The first-order valence-electron chi connectivity index (χ1n) is 7.31. The van der Waals surface area contributed by atoms with Crippen LogP contribution < -0.4 is 10.3 Å². The molecule has 3 heterocycles. The normalized spacial score (nSPS) is 12.4. The van der Waals surface area contributed by atoms with E-state index in [0.29, 0.717) is 0 Å². The Bertz CT molecular complexity index is 1030. The SMILES string of the molecule is O=c1c(-c2ccc(OCC(F)(F)F)nc2)c(C(F)(F)F)nc2ccccn12. The number of fused-ring (bicyclic) bond motifs is 1. The van der Waals surface area contributed by atoms with E-state index in [2.05, 4.69) is 14.7 Å². The molecule has 0 aliphatic heterocycles. The summed E-state index contributed by atoms with van der Waals surface area (Å²) in [5, 5.41) is 0. The Kier molecular flexibility index (Phi) is 4.54. The Morgan fingerprint density at radius 1 is 1.04 bits per heavy atom. The van der Waals surface area contributed by atoms with Gasteiger partial charge in [0, 0.05) is 24.0 Å². The molecule has 11 heteroatoms. The number of halogens is 6. The highest BCUT2D eigenvalue weighted by molar-refractivity contribution is 5.66. The molecule has 0 amide bonds. The maximum absolute atomic E-state index is 13.4. The average molecular weight is 389 g/mol. The highest BCUT2D eigenvalue weighted by atomic mass is 19.4. The predicted octanol–water partition coefficient (Wildman–Crippen LogP) is 3.72. The van der Waals surface area contributed by atoms with Crippen LogP contribution in [0.25, 0.3) is 16.8 Å². The summed E-state index contributed by atoms with van der Waals surface area (Å²) in [7, 11) is 0. The van der Waals surface area contributed by atoms with Gasteiger partial charge in [0.2, 0.25) is 5.88 Å². The van der Waals surface area contributed by atoms with Gasteiger partial charge in [-0.15, -0.1) is 0 Å². The summed E-state index contributed by atoms with van der Waals surface area (Å²) >= 11 is 0. The number of hydrogen-bond donors (Lipinski definition) is 0. The van der Waals surface area contributed by atoms with Crippen LogP contribution in [0.3, 0.4) is 0 Å². The highest BCUT2D eigenvalue weighted by Crippen LogP contribution is 2.34. The first-order chi connectivity index (χ1) is 12.6. The maximum Gasteiger partial charge on any atom is 0.434 e. The lowest BCUT2D eigenvalue weighted by atomic mass is 10.1. The number of pyridine rings is 2. The molecule has 0 unspecified atom stereocenters. The van der Waals surface area contributed by atoms with Crippen LogP contribution in [0.5, 0.6) is 5.88 Å². The van der Waals surface area contributed by atoms with E-state index in [9.17, 15) is 31.1 Å². The van der Waals surface area contributed by atoms with Crippen LogP contribution in [0.1, 0.15) is 5.69 Å². The Morgan fingerprint density at radius 2 is 1.78 bits per heavy atom. The second-order valence-electron chi connectivity index (χ2n) is 5.36. The topological polar surface area (TPSA) is 56.5 Å². The largest absolute Gasteiger partial charge is 0.468 e. The van der Waals surface area contributed by atoms with Crippen LogP contribution in [0.15, 0.2) is 47.5 Å². The van der Waals surface area contributed by atoms with Crippen LogP contribution in [0, 0.1) is 0 Å². The number of nitrogens with zero attached hydrogens (tertiary/aromatic N) is 3. The van der Waals surface area contributed by atoms with Crippen molar-refractivity contribution in [2.75, 3.05) is 6.61 Å². The Labute approximate surface area is 146 Å². The van der Waals surface area contributed by atoms with Crippen LogP contribution in [-0.4, -0.2) is 27.2 Å². The van der Waals surface area contributed by atoms with Crippen LogP contribution >= 0.6 is 0 Å². The van der Waals surface area contributed by atoms with Gasteiger partial charge in [-0.25, -0.2) is 9.97 Å². The molecule has 3 rings (SSSR count). The fourth-order valence-electron chi connectivity index (χ4n) is 2.32. The molecule has 142 valence electrons. The minimum Gasteiger partial charge on any atom is -0.468 e. The summed E-state index contributed by atoms with van der Waals surface area (Å²) in [6.45, 7) is -1.60. The van der Waals surface area contributed by atoms with Crippen LogP contribution in [0.2, 0.25) is 0 Å². The van der Waals surface area contributed by atoms with Gasteiger partial charge in [-0.1, -0.05) is 6.07 Å². The minimum absolute atomic E-state index is 0.198. The van der Waals surface area contributed by atoms with E-state index in [4.69, 9.17) is 0 Å². The number of alkyl halides is 6. The first-order valence-corrected chi connectivity index (χ1v) is 7.31. The van der Waals surface area contributed by atoms with E-state index in [1.54, 1.807) is 0 Å². The second-order valence-corrected chi connectivity index (χ2v) is 5.36. The molecule has 0 saturated carbocycles. The lowest BCUT2D eigenvalue weighted by Gasteiger charge is -2.13. The molecule has 0 aliphatic carbocycles. The van der Waals surface area contributed by atoms with Crippen molar-refractivity contribution in [3.05, 3.63) is 58.8 Å². The third-order valence-electron chi connectivity index (χ3n) is 3.41. The van der Waals surface area contributed by atoms with E-state index in [0.717, 1.165) is 22.7 Å². The van der Waals surface area contributed by atoms with Gasteiger partial charge in [0.05, 0.1) is 5.56 Å². The van der Waals surface area contributed by atoms with Gasteiger partial charge >= 0.3 is 12.4 Å². The Hall–Kier alpha value is -3.11. The molecule has 0 saturated heterocycles. The molecule has 0 fully saturated rings. The maximum atomic E-state index is 13.4. The molecular weight excluding hydrogens is 380 g/mol. The zero-order valence-electron chi connectivity index (χ0n) is 13.2. The molecule has 0 radical (unpaired) electrons. The average Bonchev–Trinajstić information content (AvgIpc) is 2.59. The van der Waals surface area contributed by atoms with E-state index in [1.807, 2.05) is 0 Å². The van der Waals surface area contributed by atoms with Crippen molar-refractivity contribution >= 4 is 5.65 Å². The molecule has 0 aliphatic rings. The van der Waals surface area contributed by atoms with Crippen molar-refractivity contribution in [2.45, 2.75) is 12.4 Å². The van der Waals surface area contributed by atoms with Crippen LogP contribution in [0.4, 0.5) is 26.3 Å². The Balaban J connectivity index is 2.10. The van der Waals surface area contributed by atoms with Gasteiger partial charge in [0.15, 0.2) is 12.3 Å². The van der Waals surface area contributed by atoms with Crippen molar-refractivity contribution in [1.29, 1.82) is 0 Å². The third kappa shape index (κ3) is 4.01. The molecular formula is C16H9F6N3O2. The molecule has 3 aromatic rings. The molecule has 0 spiro atoms. The van der Waals surface area contributed by atoms with E-state index in [1.165, 1.54) is 24.4 Å². The fraction of sp³-hybridized carbons (Fsp3) is 0.188. The monoisotopic (exact) mass is 389 g/mol. The summed E-state index contributed by atoms with van der Waals surface area (Å²) in [6, 6.07) is 6.07. The molecule has 5 nitrogen and oxygen atoms in total. The van der Waals surface area contributed by atoms with Crippen molar-refractivity contribution < 1.29 is 31.1 Å². The Morgan fingerprint density at radius 3 is 2.37 bits per heavy atom. The van der Waals surface area contributed by atoms with Gasteiger partial charge < -0.3 is 4.74 Å². The van der Waals surface area contributed by atoms with Crippen LogP contribution in [-0.2, 0) is 6.18 Å². The second kappa shape index (κ2) is 6.56. The standard InChI is InChI=1S/C16H9F6N3O2/c17-15(18,19)8-27-11-5-4-9(7-23-11)12-13(16(20,21)22)24-10-3-1-2-6-25(10)14(12)26/h1-7H,8H2. The highest BCUT2D eigenvalue weighted by Gasteiger charge is 2.38. The fourth-order valence-corrected chi connectivity index (χ4v) is 2.32. The molecule has 0 aromatic carbocycles. The molecule has 27 heavy (non-hydrogen) atoms. The van der Waals surface area contributed by atoms with E-state index in [-0.39, 0.29) is 11.2 Å². The van der Waals surface area contributed by atoms with E-state index >= 15 is 0 Å². The van der Waals surface area contributed by atoms with Gasteiger partial charge in [0.25, 0.3) is 5.56 Å². The smallest absolute Gasteiger partial charge is 0.434 e. The molecule has 0 bridgehead atoms. The number of aromatic nitrogens is 3. The summed E-state index contributed by atoms with van der Waals surface area (Å²) < 4.78 is 81.9. The zero-order valence-corrected chi connectivity index (χ0v) is 13.2. The molecule has 0 N–H and O–H groups in total. The predicted molar refractivity (Wildman–Crippen MR) is 81.2 cm³/mol. The van der Waals surface area contributed by atoms with E-state index < -0.39 is 41.7 Å². The van der Waals surface area contributed by atoms with Gasteiger partial charge in [0.1, 0.15) is 5.65 Å². The van der Waals surface area contributed by atoms with Gasteiger partial charge in [-0.3, -0.25) is 9.20 Å². The first kappa shape index (κ1) is 18.7. The molecule has 3 aromatic heterocycles. The van der Waals surface area contributed by atoms with Crippen molar-refractivity contribution in [3.8, 4) is 17.0 Å². The number of rotatable bonds is 3. The van der Waals surface area contributed by atoms with Crippen molar-refractivity contribution in [3.63, 3.8) is 0 Å². The summed E-state index contributed by atoms with van der Waals surface area (Å²) in [6.07, 6.45) is -7.44. The van der Waals surface area contributed by atoms with Gasteiger partial charge in [-0.2, -0.15) is 26.3 Å². The molecule has 0 atom stereocenters. The van der Waals surface area contributed by atoms with Crippen molar-refractivity contribution in [2.24, 2.45) is 0 Å². The summed E-state index contributed by atoms with van der Waals surface area (Å²) in [5.41, 5.74) is -3.61. The third-order valence-corrected chi connectivity index (χ3v) is 3.41. The summed E-state index contributed by atoms with van der Waals surface area (Å²) in [5.74, 6) is -0.446. The lowest BCUT2D eigenvalue weighted by Crippen LogP contribution is -2.24. The minimum atomic E-state index is -4.93. The quantitative estimate of drug-likeness (QED) is 0.641. The number of ether oxygens (including phenoxy) is 1. The van der Waals surface area contributed by atoms with Gasteiger partial charge in [-0.05, 0) is 18.2 Å².